The van der Waals surface area contributed by atoms with Crippen molar-refractivity contribution < 1.29 is 0 Å². The Bertz CT molecular complexity index is 654. The maximum atomic E-state index is 2.76. The van der Waals surface area contributed by atoms with Gasteiger partial charge in [-0.3, -0.25) is 0 Å². The summed E-state index contributed by atoms with van der Waals surface area (Å²) in [5.74, 6) is 0.997. The molecule has 1 fully saturated rings. The molecule has 0 heterocycles. The van der Waals surface area contributed by atoms with Crippen molar-refractivity contribution in [3.63, 3.8) is 0 Å². The number of nitrogens with zero attached hydrogens (tertiary/aromatic N) is 1. The molecular formula is C26H39N. The first-order chi connectivity index (χ1) is 13.3. The molecule has 1 aliphatic rings. The maximum absolute atomic E-state index is 2.76. The van der Waals surface area contributed by atoms with E-state index in [0.29, 0.717) is 0 Å². The molecule has 3 rings (SSSR count). The Morgan fingerprint density at radius 1 is 0.815 bits per heavy atom. The molecule has 0 aromatic heterocycles. The van der Waals surface area contributed by atoms with E-state index >= 15 is 0 Å². The molecule has 0 aliphatic heterocycles. The molecule has 1 heteroatoms. The Labute approximate surface area is 167 Å². The third-order valence-electron chi connectivity index (χ3n) is 6.41. The van der Waals surface area contributed by atoms with Gasteiger partial charge in [-0.05, 0) is 67.6 Å². The minimum Gasteiger partial charge on any atom is -0.303 e. The van der Waals surface area contributed by atoms with Crippen LogP contribution in [0.2, 0.25) is 0 Å². The van der Waals surface area contributed by atoms with E-state index in [0.717, 1.165) is 5.92 Å². The van der Waals surface area contributed by atoms with Gasteiger partial charge in [0.1, 0.15) is 0 Å². The largest absolute Gasteiger partial charge is 0.303 e. The molecule has 0 saturated heterocycles. The highest BCUT2D eigenvalue weighted by molar-refractivity contribution is 5.82. The molecule has 2 aromatic carbocycles. The van der Waals surface area contributed by atoms with Crippen molar-refractivity contribution in [2.75, 3.05) is 19.6 Å². The highest BCUT2D eigenvalue weighted by atomic mass is 15.1. The molecule has 0 radical (unpaired) electrons. The molecule has 0 N–H and O–H groups in total. The van der Waals surface area contributed by atoms with Crippen molar-refractivity contribution >= 4 is 10.8 Å². The molecule has 1 saturated carbocycles. The number of hydrogen-bond acceptors (Lipinski definition) is 1. The second kappa shape index (κ2) is 11.5. The van der Waals surface area contributed by atoms with Crippen LogP contribution in [0.1, 0.15) is 76.7 Å². The summed E-state index contributed by atoms with van der Waals surface area (Å²) in [7, 11) is 0. The number of rotatable bonds is 10. The zero-order valence-electron chi connectivity index (χ0n) is 17.5. The van der Waals surface area contributed by atoms with Crippen LogP contribution in [-0.4, -0.2) is 24.5 Å². The highest BCUT2D eigenvalue weighted by Gasteiger charge is 2.14. The SMILES string of the molecule is CCCCN(CCCc1ccc2ccccc2c1)CCC1CCCCCC1. The van der Waals surface area contributed by atoms with Crippen molar-refractivity contribution in [3.05, 3.63) is 48.0 Å². The second-order valence-electron chi connectivity index (χ2n) is 8.63. The lowest BCUT2D eigenvalue weighted by Gasteiger charge is -2.25. The average molecular weight is 366 g/mol. The van der Waals surface area contributed by atoms with Gasteiger partial charge in [0.15, 0.2) is 0 Å². The van der Waals surface area contributed by atoms with Crippen LogP contribution in [0.25, 0.3) is 10.8 Å². The van der Waals surface area contributed by atoms with E-state index in [-0.39, 0.29) is 0 Å². The molecular weight excluding hydrogens is 326 g/mol. The summed E-state index contributed by atoms with van der Waals surface area (Å²) in [5, 5.41) is 2.74. The Hall–Kier alpha value is -1.34. The summed E-state index contributed by atoms with van der Waals surface area (Å²) < 4.78 is 0. The third kappa shape index (κ3) is 6.96. The predicted molar refractivity (Wildman–Crippen MR) is 119 cm³/mol. The van der Waals surface area contributed by atoms with E-state index in [2.05, 4.69) is 54.3 Å². The van der Waals surface area contributed by atoms with Crippen LogP contribution in [0.4, 0.5) is 0 Å². The Morgan fingerprint density at radius 3 is 2.33 bits per heavy atom. The summed E-state index contributed by atoms with van der Waals surface area (Å²) in [6, 6.07) is 15.7. The van der Waals surface area contributed by atoms with Gasteiger partial charge in [0.2, 0.25) is 0 Å². The van der Waals surface area contributed by atoms with Gasteiger partial charge in [0, 0.05) is 0 Å². The lowest BCUT2D eigenvalue weighted by atomic mass is 9.96. The standard InChI is InChI=1S/C26H39N/c1-2-3-19-27(21-18-23-11-6-4-5-7-12-23)20-10-13-24-16-17-25-14-8-9-15-26(25)22-24/h8-9,14-17,22-23H,2-7,10-13,18-21H2,1H3. The zero-order valence-corrected chi connectivity index (χ0v) is 17.5. The fourth-order valence-electron chi connectivity index (χ4n) is 4.64. The van der Waals surface area contributed by atoms with E-state index in [9.17, 15) is 0 Å². The fraction of sp³-hybridized carbons (Fsp3) is 0.615. The topological polar surface area (TPSA) is 3.24 Å². The number of aryl methyl sites for hydroxylation is 1. The van der Waals surface area contributed by atoms with Crippen molar-refractivity contribution in [2.24, 2.45) is 5.92 Å². The first kappa shape index (κ1) is 20.4. The van der Waals surface area contributed by atoms with Crippen LogP contribution in [-0.2, 0) is 6.42 Å². The van der Waals surface area contributed by atoms with E-state index in [1.807, 2.05) is 0 Å². The molecule has 1 nitrogen and oxygen atoms in total. The second-order valence-corrected chi connectivity index (χ2v) is 8.63. The molecule has 0 bridgehead atoms. The van der Waals surface area contributed by atoms with Gasteiger partial charge in [-0.15, -0.1) is 0 Å². The lowest BCUT2D eigenvalue weighted by Crippen LogP contribution is -2.29. The molecule has 27 heavy (non-hydrogen) atoms. The predicted octanol–water partition coefficient (Wildman–Crippen LogP) is 7.24. The van der Waals surface area contributed by atoms with Crippen LogP contribution >= 0.6 is 0 Å². The van der Waals surface area contributed by atoms with Crippen LogP contribution in [0.15, 0.2) is 42.5 Å². The summed E-state index contributed by atoms with van der Waals surface area (Å²) in [5.41, 5.74) is 1.49. The fourth-order valence-corrected chi connectivity index (χ4v) is 4.64. The number of hydrogen-bond donors (Lipinski definition) is 0. The molecule has 0 unspecified atom stereocenters. The van der Waals surface area contributed by atoms with Gasteiger partial charge >= 0.3 is 0 Å². The smallest absolute Gasteiger partial charge is 0.00156 e. The van der Waals surface area contributed by atoms with Crippen molar-refractivity contribution in [3.8, 4) is 0 Å². The third-order valence-corrected chi connectivity index (χ3v) is 6.41. The Balaban J connectivity index is 1.46. The maximum Gasteiger partial charge on any atom is -0.00156 e. The van der Waals surface area contributed by atoms with Crippen LogP contribution in [0, 0.1) is 5.92 Å². The van der Waals surface area contributed by atoms with Crippen molar-refractivity contribution in [2.45, 2.75) is 77.6 Å². The normalized spacial score (nSPS) is 16.1. The van der Waals surface area contributed by atoms with Crippen LogP contribution in [0.5, 0.6) is 0 Å². The quantitative estimate of drug-likeness (QED) is 0.401. The highest BCUT2D eigenvalue weighted by Crippen LogP contribution is 2.25. The van der Waals surface area contributed by atoms with Gasteiger partial charge in [-0.1, -0.05) is 94.3 Å². The average Bonchev–Trinajstić information content (AvgIpc) is 2.98. The van der Waals surface area contributed by atoms with Gasteiger partial charge < -0.3 is 4.90 Å². The van der Waals surface area contributed by atoms with E-state index < -0.39 is 0 Å². The molecule has 0 amide bonds. The summed E-state index contributed by atoms with van der Waals surface area (Å²) >= 11 is 0. The minimum absolute atomic E-state index is 0.997. The number of benzene rings is 2. The van der Waals surface area contributed by atoms with E-state index in [4.69, 9.17) is 0 Å². The molecule has 1 aliphatic carbocycles. The summed E-state index contributed by atoms with van der Waals surface area (Å²) in [6.45, 7) is 6.20. The lowest BCUT2D eigenvalue weighted by molar-refractivity contribution is 0.238. The minimum atomic E-state index is 0.997. The Kier molecular flexibility index (Phi) is 8.68. The van der Waals surface area contributed by atoms with Gasteiger partial charge in [0.05, 0.1) is 0 Å². The van der Waals surface area contributed by atoms with Gasteiger partial charge in [0.25, 0.3) is 0 Å². The van der Waals surface area contributed by atoms with Crippen molar-refractivity contribution in [1.82, 2.24) is 4.90 Å². The van der Waals surface area contributed by atoms with Gasteiger partial charge in [-0.25, -0.2) is 0 Å². The number of unbranched alkanes of at least 4 members (excludes halogenated alkanes) is 1. The molecule has 0 spiro atoms. The summed E-state index contributed by atoms with van der Waals surface area (Å²) in [4.78, 5) is 2.76. The molecule has 0 atom stereocenters. The van der Waals surface area contributed by atoms with E-state index in [1.165, 1.54) is 107 Å². The van der Waals surface area contributed by atoms with Gasteiger partial charge in [-0.2, -0.15) is 0 Å². The summed E-state index contributed by atoms with van der Waals surface area (Å²) in [6.07, 6.45) is 15.4. The van der Waals surface area contributed by atoms with Crippen LogP contribution in [0.3, 0.4) is 0 Å². The van der Waals surface area contributed by atoms with E-state index in [1.54, 1.807) is 0 Å². The molecule has 2 aromatic rings. The first-order valence-corrected chi connectivity index (χ1v) is 11.5. The Morgan fingerprint density at radius 2 is 1.56 bits per heavy atom. The first-order valence-electron chi connectivity index (χ1n) is 11.5. The van der Waals surface area contributed by atoms with Crippen molar-refractivity contribution in [1.29, 1.82) is 0 Å². The van der Waals surface area contributed by atoms with Crippen LogP contribution < -0.4 is 0 Å². The zero-order chi connectivity index (χ0) is 18.7. The molecule has 148 valence electrons. The number of fused-ring (bicyclic) bond motifs is 1. The monoisotopic (exact) mass is 365 g/mol.